The molecule has 1 N–H and O–H groups in total. The monoisotopic (exact) mass is 217 g/mol. The van der Waals surface area contributed by atoms with Crippen LogP contribution in [0.5, 0.6) is 0 Å². The Balaban J connectivity index is 2.25. The lowest BCUT2D eigenvalue weighted by Crippen LogP contribution is -2.18. The number of anilines is 1. The summed E-state index contributed by atoms with van der Waals surface area (Å²) in [5.74, 6) is 0. The number of hydrogen-bond acceptors (Lipinski definition) is 4. The van der Waals surface area contributed by atoms with Crippen LogP contribution in [0.25, 0.3) is 10.9 Å². The molecule has 0 atom stereocenters. The summed E-state index contributed by atoms with van der Waals surface area (Å²) in [6.45, 7) is 0.958. The second-order valence-corrected chi connectivity index (χ2v) is 4.66. The smallest absolute Gasteiger partial charge is 0.0945 e. The third-order valence-corrected chi connectivity index (χ3v) is 3.29. The van der Waals surface area contributed by atoms with E-state index in [-0.39, 0.29) is 0 Å². The zero-order valence-electron chi connectivity index (χ0n) is 8.40. The van der Waals surface area contributed by atoms with E-state index in [0.29, 0.717) is 0 Å². The van der Waals surface area contributed by atoms with E-state index in [1.54, 1.807) is 12.1 Å². The summed E-state index contributed by atoms with van der Waals surface area (Å²) in [7, 11) is 2.07. The zero-order chi connectivity index (χ0) is 10.3. The van der Waals surface area contributed by atoms with Gasteiger partial charge in [-0.25, -0.2) is 4.31 Å². The van der Waals surface area contributed by atoms with Gasteiger partial charge in [0.15, 0.2) is 0 Å². The van der Waals surface area contributed by atoms with Crippen LogP contribution < -0.4 is 4.72 Å². The predicted octanol–water partition coefficient (Wildman–Crippen LogP) is 2.66. The van der Waals surface area contributed by atoms with Crippen molar-refractivity contribution in [3.63, 3.8) is 0 Å². The van der Waals surface area contributed by atoms with Crippen LogP contribution in [0.15, 0.2) is 30.5 Å². The molecule has 0 bridgehead atoms. The lowest BCUT2D eigenvalue weighted by molar-refractivity contribution is 0.562. The highest BCUT2D eigenvalue weighted by molar-refractivity contribution is 7.98. The number of aromatic nitrogens is 1. The number of fused-ring (bicyclic) bond motifs is 3. The van der Waals surface area contributed by atoms with Gasteiger partial charge in [-0.15, -0.1) is 0 Å². The molecule has 1 aromatic heterocycles. The van der Waals surface area contributed by atoms with Gasteiger partial charge in [0.1, 0.15) is 0 Å². The molecular formula is C11H11N3S. The van der Waals surface area contributed by atoms with E-state index >= 15 is 0 Å². The van der Waals surface area contributed by atoms with Crippen molar-refractivity contribution >= 4 is 28.7 Å². The highest BCUT2D eigenvalue weighted by Gasteiger charge is 2.16. The first kappa shape index (κ1) is 9.00. The Morgan fingerprint density at radius 1 is 1.40 bits per heavy atom. The molecule has 1 aliphatic heterocycles. The van der Waals surface area contributed by atoms with Crippen LogP contribution in [0.2, 0.25) is 0 Å². The van der Waals surface area contributed by atoms with Gasteiger partial charge in [0, 0.05) is 30.3 Å². The first-order valence-electron chi connectivity index (χ1n) is 4.85. The largest absolute Gasteiger partial charge is 0.314 e. The summed E-state index contributed by atoms with van der Waals surface area (Å²) < 4.78 is 5.50. The molecule has 2 aromatic rings. The average Bonchev–Trinajstić information content (AvgIpc) is 2.28. The molecule has 0 saturated carbocycles. The second-order valence-electron chi connectivity index (χ2n) is 3.65. The van der Waals surface area contributed by atoms with E-state index in [4.69, 9.17) is 0 Å². The number of hydrogen-bond donors (Lipinski definition) is 1. The van der Waals surface area contributed by atoms with Crippen LogP contribution in [-0.2, 0) is 6.54 Å². The van der Waals surface area contributed by atoms with Crippen LogP contribution in [0, 0.1) is 0 Å². The molecule has 3 nitrogen and oxygen atoms in total. The molecule has 76 valence electrons. The second kappa shape index (κ2) is 3.40. The predicted molar refractivity (Wildman–Crippen MR) is 64.4 cm³/mol. The molecule has 0 fully saturated rings. The van der Waals surface area contributed by atoms with Crippen LogP contribution in [-0.4, -0.2) is 16.3 Å². The molecule has 0 saturated heterocycles. The van der Waals surface area contributed by atoms with Crippen LogP contribution in [0.4, 0.5) is 5.69 Å². The minimum Gasteiger partial charge on any atom is -0.314 e. The fourth-order valence-electron chi connectivity index (χ4n) is 1.83. The van der Waals surface area contributed by atoms with Crippen molar-refractivity contribution < 1.29 is 0 Å². The maximum atomic E-state index is 4.43. The van der Waals surface area contributed by atoms with Gasteiger partial charge in [0.25, 0.3) is 0 Å². The minimum atomic E-state index is 0.958. The number of pyridine rings is 1. The SMILES string of the molecule is CN1Cc2ccc3cccnc3c2NS1. The summed E-state index contributed by atoms with van der Waals surface area (Å²) in [5.41, 5.74) is 3.54. The van der Waals surface area contributed by atoms with E-state index in [0.717, 1.165) is 17.7 Å². The third-order valence-electron chi connectivity index (χ3n) is 2.56. The van der Waals surface area contributed by atoms with Crippen molar-refractivity contribution in [2.24, 2.45) is 0 Å². The van der Waals surface area contributed by atoms with E-state index in [1.807, 2.05) is 12.3 Å². The van der Waals surface area contributed by atoms with Gasteiger partial charge >= 0.3 is 0 Å². The zero-order valence-corrected chi connectivity index (χ0v) is 9.21. The van der Waals surface area contributed by atoms with Crippen molar-refractivity contribution in [2.75, 3.05) is 11.8 Å². The van der Waals surface area contributed by atoms with Crippen molar-refractivity contribution in [3.8, 4) is 0 Å². The van der Waals surface area contributed by atoms with Crippen LogP contribution in [0.1, 0.15) is 5.56 Å². The number of nitrogens with one attached hydrogen (secondary N) is 1. The van der Waals surface area contributed by atoms with E-state index in [1.165, 1.54) is 10.9 Å². The molecule has 4 heteroatoms. The first-order chi connectivity index (χ1) is 7.34. The Labute approximate surface area is 92.8 Å². The summed E-state index contributed by atoms with van der Waals surface area (Å²) in [6.07, 6.45) is 1.84. The minimum absolute atomic E-state index is 0.958. The number of benzene rings is 1. The first-order valence-corrected chi connectivity index (χ1v) is 5.62. The summed E-state index contributed by atoms with van der Waals surface area (Å²) in [6, 6.07) is 8.36. The Morgan fingerprint density at radius 3 is 3.27 bits per heavy atom. The maximum absolute atomic E-state index is 4.43. The Morgan fingerprint density at radius 2 is 2.33 bits per heavy atom. The van der Waals surface area contributed by atoms with Crippen molar-refractivity contribution in [1.29, 1.82) is 0 Å². The quantitative estimate of drug-likeness (QED) is 0.687. The average molecular weight is 217 g/mol. The molecule has 0 spiro atoms. The van der Waals surface area contributed by atoms with E-state index in [9.17, 15) is 0 Å². The lowest BCUT2D eigenvalue weighted by Gasteiger charge is -2.25. The molecule has 2 heterocycles. The van der Waals surface area contributed by atoms with E-state index in [2.05, 4.69) is 39.3 Å². The van der Waals surface area contributed by atoms with Gasteiger partial charge in [-0.1, -0.05) is 18.2 Å². The lowest BCUT2D eigenvalue weighted by atomic mass is 10.1. The fraction of sp³-hybridized carbons (Fsp3) is 0.182. The molecule has 0 aliphatic carbocycles. The summed E-state index contributed by atoms with van der Waals surface area (Å²) >= 11 is 1.62. The molecule has 0 amide bonds. The molecule has 0 unspecified atom stereocenters. The molecule has 3 rings (SSSR count). The van der Waals surface area contributed by atoms with Crippen LogP contribution in [0.3, 0.4) is 0 Å². The number of rotatable bonds is 0. The van der Waals surface area contributed by atoms with Crippen molar-refractivity contribution in [3.05, 3.63) is 36.0 Å². The van der Waals surface area contributed by atoms with Gasteiger partial charge in [-0.05, 0) is 18.7 Å². The maximum Gasteiger partial charge on any atom is 0.0945 e. The van der Waals surface area contributed by atoms with Crippen molar-refractivity contribution in [1.82, 2.24) is 9.29 Å². The topological polar surface area (TPSA) is 28.2 Å². The fourth-order valence-corrected chi connectivity index (χ4v) is 2.51. The Kier molecular flexibility index (Phi) is 2.04. The molecular weight excluding hydrogens is 206 g/mol. The Hall–Kier alpha value is -1.26. The molecule has 0 radical (unpaired) electrons. The highest BCUT2D eigenvalue weighted by atomic mass is 32.2. The Bertz CT molecular complexity index is 512. The van der Waals surface area contributed by atoms with Gasteiger partial charge in [-0.3, -0.25) is 4.98 Å². The summed E-state index contributed by atoms with van der Waals surface area (Å²) in [5, 5.41) is 1.19. The third kappa shape index (κ3) is 1.46. The highest BCUT2D eigenvalue weighted by Crippen LogP contribution is 2.33. The van der Waals surface area contributed by atoms with Gasteiger partial charge in [-0.2, -0.15) is 0 Å². The standard InChI is InChI=1S/C11H11N3S/c1-14-7-9-5-4-8-3-2-6-12-10(8)11(9)13-15-14/h2-6,13H,7H2,1H3. The summed E-state index contributed by atoms with van der Waals surface area (Å²) in [4.78, 5) is 4.43. The van der Waals surface area contributed by atoms with E-state index < -0.39 is 0 Å². The van der Waals surface area contributed by atoms with Gasteiger partial charge in [0.05, 0.1) is 11.2 Å². The number of nitrogens with zero attached hydrogens (tertiary/aromatic N) is 2. The van der Waals surface area contributed by atoms with Crippen LogP contribution >= 0.6 is 12.1 Å². The molecule has 1 aromatic carbocycles. The van der Waals surface area contributed by atoms with Crippen molar-refractivity contribution in [2.45, 2.75) is 6.54 Å². The van der Waals surface area contributed by atoms with Gasteiger partial charge in [0.2, 0.25) is 0 Å². The van der Waals surface area contributed by atoms with Gasteiger partial charge < -0.3 is 4.72 Å². The molecule has 1 aliphatic rings. The molecule has 15 heavy (non-hydrogen) atoms. The normalized spacial score (nSPS) is 16.1.